The lowest BCUT2D eigenvalue weighted by Crippen LogP contribution is -2.20. The van der Waals surface area contributed by atoms with E-state index in [1.807, 2.05) is 11.4 Å². The van der Waals surface area contributed by atoms with Crippen molar-refractivity contribution in [1.29, 1.82) is 0 Å². The summed E-state index contributed by atoms with van der Waals surface area (Å²) < 4.78 is 11.4. The number of hydrogen-bond donors (Lipinski definition) is 1. The molecule has 0 aliphatic heterocycles. The number of benzene rings is 1. The van der Waals surface area contributed by atoms with Crippen molar-refractivity contribution in [3.63, 3.8) is 0 Å². The summed E-state index contributed by atoms with van der Waals surface area (Å²) in [7, 11) is 2.90. The van der Waals surface area contributed by atoms with Crippen molar-refractivity contribution in [2.45, 2.75) is 19.8 Å². The van der Waals surface area contributed by atoms with Crippen LogP contribution in [0.5, 0.6) is 5.75 Å². The molecule has 1 N–H and O–H groups in total. The van der Waals surface area contributed by atoms with Crippen molar-refractivity contribution in [3.05, 3.63) is 68.3 Å². The number of ether oxygens (including phenoxy) is 2. The fourth-order valence-electron chi connectivity index (χ4n) is 2.98. The Bertz CT molecular complexity index is 1050. The van der Waals surface area contributed by atoms with Crippen molar-refractivity contribution in [2.75, 3.05) is 20.8 Å². The van der Waals surface area contributed by atoms with Gasteiger partial charge in [0.05, 0.1) is 37.6 Å². The summed E-state index contributed by atoms with van der Waals surface area (Å²) >= 11 is 1.68. The van der Waals surface area contributed by atoms with Crippen molar-refractivity contribution in [1.82, 2.24) is 9.78 Å². The van der Waals surface area contributed by atoms with Crippen molar-refractivity contribution < 1.29 is 14.3 Å². The van der Waals surface area contributed by atoms with E-state index in [2.05, 4.69) is 16.2 Å². The molecule has 8 heteroatoms. The third-order valence-corrected chi connectivity index (χ3v) is 5.43. The number of rotatable bonds is 8. The van der Waals surface area contributed by atoms with E-state index in [1.165, 1.54) is 16.7 Å². The smallest absolute Gasteiger partial charge is 0.311 e. The van der Waals surface area contributed by atoms with Gasteiger partial charge in [-0.3, -0.25) is 19.7 Å². The van der Waals surface area contributed by atoms with Crippen LogP contribution in [0.3, 0.4) is 0 Å². The number of nitrogens with zero attached hydrogens (tertiary/aromatic N) is 2. The molecular weight excluding hydrogens is 390 g/mol. The molecule has 0 radical (unpaired) electrons. The summed E-state index contributed by atoms with van der Waals surface area (Å²) in [5.74, 6) is 0.260. The second-order valence-corrected chi connectivity index (χ2v) is 7.39. The Labute approximate surface area is 172 Å². The summed E-state index contributed by atoms with van der Waals surface area (Å²) in [4.78, 5) is 30.8. The van der Waals surface area contributed by atoms with E-state index in [0.29, 0.717) is 35.0 Å². The maximum absolute atomic E-state index is 13.1. The first kappa shape index (κ1) is 20.6. The van der Waals surface area contributed by atoms with E-state index >= 15 is 0 Å². The average molecular weight is 413 g/mol. The standard InChI is InChI=1S/C21H23N3O4S/c1-14(22-11-10-17-5-4-12-29-17)20-18(13-19(25)28-3)23-24(21(20)26)15-6-8-16(27-2)9-7-15/h4-9,12,23H,10-11,13H2,1-3H3. The lowest BCUT2D eigenvalue weighted by Gasteiger charge is -2.03. The van der Waals surface area contributed by atoms with Gasteiger partial charge in [-0.15, -0.1) is 11.3 Å². The molecule has 0 aliphatic carbocycles. The number of aromatic amines is 1. The van der Waals surface area contributed by atoms with Gasteiger partial charge in [0.1, 0.15) is 5.75 Å². The normalized spacial score (nSPS) is 11.5. The summed E-state index contributed by atoms with van der Waals surface area (Å²) in [5.41, 5.74) is 1.85. The predicted molar refractivity (Wildman–Crippen MR) is 114 cm³/mol. The molecule has 0 bridgehead atoms. The zero-order valence-corrected chi connectivity index (χ0v) is 17.4. The molecule has 0 unspecified atom stereocenters. The number of H-pyrrole nitrogens is 1. The second-order valence-electron chi connectivity index (χ2n) is 6.35. The second kappa shape index (κ2) is 9.38. The molecule has 1 aromatic carbocycles. The zero-order chi connectivity index (χ0) is 20.8. The van der Waals surface area contributed by atoms with Crippen molar-refractivity contribution in [3.8, 4) is 11.4 Å². The van der Waals surface area contributed by atoms with Crippen LogP contribution in [0.25, 0.3) is 5.69 Å². The molecule has 0 aliphatic rings. The number of aromatic nitrogens is 2. The van der Waals surface area contributed by atoms with Gasteiger partial charge in [-0.25, -0.2) is 4.68 Å². The molecule has 2 aromatic heterocycles. The SMILES string of the molecule is COC(=O)Cc1[nH]n(-c2ccc(OC)cc2)c(=O)c1C(C)=NCCc1cccs1. The van der Waals surface area contributed by atoms with Gasteiger partial charge >= 0.3 is 5.97 Å². The highest BCUT2D eigenvalue weighted by Gasteiger charge is 2.20. The Balaban J connectivity index is 1.95. The lowest BCUT2D eigenvalue weighted by atomic mass is 10.1. The maximum Gasteiger partial charge on any atom is 0.311 e. The van der Waals surface area contributed by atoms with Crippen LogP contribution in [0.4, 0.5) is 0 Å². The van der Waals surface area contributed by atoms with E-state index in [0.717, 1.165) is 6.42 Å². The molecule has 0 atom stereocenters. The largest absolute Gasteiger partial charge is 0.497 e. The Morgan fingerprint density at radius 2 is 1.97 bits per heavy atom. The summed E-state index contributed by atoms with van der Waals surface area (Å²) in [5, 5.41) is 5.07. The van der Waals surface area contributed by atoms with E-state index < -0.39 is 5.97 Å². The van der Waals surface area contributed by atoms with Gasteiger partial charge in [0.2, 0.25) is 0 Å². The van der Waals surface area contributed by atoms with E-state index in [-0.39, 0.29) is 12.0 Å². The van der Waals surface area contributed by atoms with Gasteiger partial charge in [-0.1, -0.05) is 6.07 Å². The number of thiophene rings is 1. The molecule has 3 rings (SSSR count). The Morgan fingerprint density at radius 3 is 2.59 bits per heavy atom. The Kier molecular flexibility index (Phi) is 6.66. The van der Waals surface area contributed by atoms with Gasteiger partial charge in [0, 0.05) is 23.6 Å². The number of methoxy groups -OCH3 is 2. The molecule has 0 saturated heterocycles. The van der Waals surface area contributed by atoms with Gasteiger partial charge in [0.25, 0.3) is 5.56 Å². The molecule has 152 valence electrons. The number of carbonyl (C=O) groups is 1. The number of hydrogen-bond acceptors (Lipinski definition) is 6. The molecule has 29 heavy (non-hydrogen) atoms. The van der Waals surface area contributed by atoms with Gasteiger partial charge in [-0.2, -0.15) is 0 Å². The van der Waals surface area contributed by atoms with Crippen LogP contribution in [0.15, 0.2) is 51.6 Å². The minimum absolute atomic E-state index is 0.0397. The van der Waals surface area contributed by atoms with Crippen LogP contribution in [-0.2, 0) is 22.4 Å². The average Bonchev–Trinajstić information content (AvgIpc) is 3.36. The molecule has 0 saturated carbocycles. The molecule has 2 heterocycles. The van der Waals surface area contributed by atoms with Crippen LogP contribution in [0, 0.1) is 0 Å². The Hall–Kier alpha value is -3.13. The molecular formula is C21H23N3O4S. The van der Waals surface area contributed by atoms with Crippen LogP contribution >= 0.6 is 11.3 Å². The molecule has 7 nitrogen and oxygen atoms in total. The van der Waals surface area contributed by atoms with E-state index in [1.54, 1.807) is 49.6 Å². The lowest BCUT2D eigenvalue weighted by molar-refractivity contribution is -0.139. The maximum atomic E-state index is 13.1. The van der Waals surface area contributed by atoms with E-state index in [4.69, 9.17) is 9.47 Å². The molecule has 0 spiro atoms. The summed E-state index contributed by atoms with van der Waals surface area (Å²) in [6.45, 7) is 2.36. The summed E-state index contributed by atoms with van der Waals surface area (Å²) in [6, 6.07) is 11.1. The monoisotopic (exact) mass is 413 g/mol. The molecule has 3 aromatic rings. The molecule has 0 amide bonds. The molecule has 0 fully saturated rings. The quantitative estimate of drug-likeness (QED) is 0.454. The number of nitrogens with one attached hydrogen (secondary N) is 1. The van der Waals surface area contributed by atoms with Crippen molar-refractivity contribution in [2.24, 2.45) is 4.99 Å². The highest BCUT2D eigenvalue weighted by atomic mass is 32.1. The summed E-state index contributed by atoms with van der Waals surface area (Å²) in [6.07, 6.45) is 0.764. The number of aliphatic imine (C=N–C) groups is 1. The van der Waals surface area contributed by atoms with Crippen LogP contribution in [-0.4, -0.2) is 42.2 Å². The topological polar surface area (TPSA) is 85.7 Å². The highest BCUT2D eigenvalue weighted by Crippen LogP contribution is 2.15. The van der Waals surface area contributed by atoms with Crippen molar-refractivity contribution >= 4 is 23.0 Å². The first-order chi connectivity index (χ1) is 14.0. The van der Waals surface area contributed by atoms with Gasteiger partial charge < -0.3 is 9.47 Å². The van der Waals surface area contributed by atoms with Crippen LogP contribution in [0.2, 0.25) is 0 Å². The highest BCUT2D eigenvalue weighted by molar-refractivity contribution is 7.09. The van der Waals surface area contributed by atoms with Crippen LogP contribution in [0.1, 0.15) is 23.1 Å². The van der Waals surface area contributed by atoms with Crippen LogP contribution < -0.4 is 10.3 Å². The van der Waals surface area contributed by atoms with Gasteiger partial charge in [0.15, 0.2) is 0 Å². The Morgan fingerprint density at radius 1 is 1.21 bits per heavy atom. The minimum atomic E-state index is -0.430. The fourth-order valence-corrected chi connectivity index (χ4v) is 3.68. The number of carbonyl (C=O) groups excluding carboxylic acids is 1. The first-order valence-corrected chi connectivity index (χ1v) is 10.0. The zero-order valence-electron chi connectivity index (χ0n) is 16.6. The fraction of sp³-hybridized carbons (Fsp3) is 0.286. The van der Waals surface area contributed by atoms with E-state index in [9.17, 15) is 9.59 Å². The van der Waals surface area contributed by atoms with Gasteiger partial charge in [-0.05, 0) is 42.6 Å². The third kappa shape index (κ3) is 4.83. The predicted octanol–water partition coefficient (Wildman–Crippen LogP) is 3.00. The number of esters is 1. The first-order valence-electron chi connectivity index (χ1n) is 9.12. The minimum Gasteiger partial charge on any atom is -0.497 e. The third-order valence-electron chi connectivity index (χ3n) is 4.49.